The van der Waals surface area contributed by atoms with E-state index in [1.54, 1.807) is 18.2 Å². The second kappa shape index (κ2) is 6.40. The third kappa shape index (κ3) is 3.71. The molecule has 0 saturated carbocycles. The molecule has 0 bridgehead atoms. The lowest BCUT2D eigenvalue weighted by Crippen LogP contribution is -2.05. The van der Waals surface area contributed by atoms with Gasteiger partial charge >= 0.3 is 5.97 Å². The lowest BCUT2D eigenvalue weighted by Gasteiger charge is -2.06. The summed E-state index contributed by atoms with van der Waals surface area (Å²) in [5.74, 6) is -0.921. The Hall–Kier alpha value is -2.55. The van der Waals surface area contributed by atoms with E-state index in [-0.39, 0.29) is 5.56 Å². The number of carboxylic acids is 1. The number of para-hydroxylation sites is 1. The first kappa shape index (κ1) is 12.9. The predicted octanol–water partition coefficient (Wildman–Crippen LogP) is 3.51. The van der Waals surface area contributed by atoms with Crippen molar-refractivity contribution in [3.05, 3.63) is 71.8 Å². The van der Waals surface area contributed by atoms with Gasteiger partial charge in [0, 0.05) is 12.2 Å². The van der Waals surface area contributed by atoms with Crippen LogP contribution < -0.4 is 5.32 Å². The first-order valence-corrected chi connectivity index (χ1v) is 6.05. The van der Waals surface area contributed by atoms with Crippen LogP contribution in [0.3, 0.4) is 0 Å². The number of hydrogen-bond donors (Lipinski definition) is 2. The first-order valence-electron chi connectivity index (χ1n) is 6.05. The number of aromatic carboxylic acids is 1. The van der Waals surface area contributed by atoms with E-state index in [1.165, 1.54) is 0 Å². The molecule has 0 amide bonds. The maximum absolute atomic E-state index is 11.0. The van der Waals surface area contributed by atoms with Crippen LogP contribution in [0.15, 0.2) is 60.7 Å². The molecule has 0 unspecified atom stereocenters. The Morgan fingerprint density at radius 1 is 1.05 bits per heavy atom. The Bertz CT molecular complexity index is 576. The summed E-state index contributed by atoms with van der Waals surface area (Å²) in [4.78, 5) is 11.0. The minimum atomic E-state index is -0.921. The highest BCUT2D eigenvalue weighted by Crippen LogP contribution is 2.14. The number of benzene rings is 2. The molecule has 96 valence electrons. The number of carbonyl (C=O) groups is 1. The third-order valence-electron chi connectivity index (χ3n) is 2.68. The van der Waals surface area contributed by atoms with Crippen LogP contribution in [0.4, 0.5) is 5.69 Å². The topological polar surface area (TPSA) is 49.3 Å². The van der Waals surface area contributed by atoms with Gasteiger partial charge in [-0.25, -0.2) is 4.79 Å². The van der Waals surface area contributed by atoms with Crippen LogP contribution in [-0.4, -0.2) is 17.6 Å². The van der Waals surface area contributed by atoms with Gasteiger partial charge in [0.1, 0.15) is 0 Å². The van der Waals surface area contributed by atoms with E-state index in [9.17, 15) is 4.79 Å². The molecule has 2 rings (SSSR count). The minimum Gasteiger partial charge on any atom is -0.478 e. The fourth-order valence-corrected chi connectivity index (χ4v) is 1.75. The van der Waals surface area contributed by atoms with E-state index in [1.807, 2.05) is 48.6 Å². The van der Waals surface area contributed by atoms with Crippen molar-refractivity contribution in [2.24, 2.45) is 0 Å². The molecule has 0 saturated heterocycles. The third-order valence-corrected chi connectivity index (χ3v) is 2.68. The van der Waals surface area contributed by atoms with Gasteiger partial charge < -0.3 is 10.4 Å². The van der Waals surface area contributed by atoms with Crippen molar-refractivity contribution in [2.75, 3.05) is 11.9 Å². The van der Waals surface area contributed by atoms with Gasteiger partial charge in [-0.05, 0) is 17.7 Å². The largest absolute Gasteiger partial charge is 0.478 e. The highest BCUT2D eigenvalue weighted by atomic mass is 16.4. The summed E-state index contributed by atoms with van der Waals surface area (Å²) in [5, 5.41) is 12.1. The quantitative estimate of drug-likeness (QED) is 0.857. The summed E-state index contributed by atoms with van der Waals surface area (Å²) in [6.45, 7) is 0.583. The summed E-state index contributed by atoms with van der Waals surface area (Å²) in [6, 6.07) is 16.8. The molecule has 3 nitrogen and oxygen atoms in total. The Labute approximate surface area is 112 Å². The molecular formula is C16H15NO2. The fraction of sp³-hybridized carbons (Fsp3) is 0.0625. The minimum absolute atomic E-state index is 0.288. The lowest BCUT2D eigenvalue weighted by atomic mass is 10.2. The van der Waals surface area contributed by atoms with Gasteiger partial charge in [-0.1, -0.05) is 54.6 Å². The smallest absolute Gasteiger partial charge is 0.337 e. The standard InChI is InChI=1S/C16H15NO2/c18-16(19)14-10-4-5-11-15(14)17-12-6-9-13-7-2-1-3-8-13/h1-11,17H,12H2,(H,18,19). The van der Waals surface area contributed by atoms with Crippen molar-refractivity contribution in [3.8, 4) is 0 Å². The second-order valence-corrected chi connectivity index (χ2v) is 4.04. The predicted molar refractivity (Wildman–Crippen MR) is 77.4 cm³/mol. The molecule has 2 N–H and O–H groups in total. The highest BCUT2D eigenvalue weighted by molar-refractivity contribution is 5.94. The van der Waals surface area contributed by atoms with Crippen molar-refractivity contribution in [2.45, 2.75) is 0 Å². The summed E-state index contributed by atoms with van der Waals surface area (Å²) in [5.41, 5.74) is 2.04. The number of hydrogen-bond acceptors (Lipinski definition) is 2. The molecule has 0 heterocycles. The second-order valence-electron chi connectivity index (χ2n) is 4.04. The molecule has 0 atom stereocenters. The Balaban J connectivity index is 1.96. The van der Waals surface area contributed by atoms with Gasteiger partial charge in [-0.15, -0.1) is 0 Å². The van der Waals surface area contributed by atoms with Crippen molar-refractivity contribution in [3.63, 3.8) is 0 Å². The Kier molecular flexibility index (Phi) is 4.34. The summed E-state index contributed by atoms with van der Waals surface area (Å²) in [6.07, 6.45) is 3.96. The number of rotatable bonds is 5. The van der Waals surface area contributed by atoms with Crippen LogP contribution in [-0.2, 0) is 0 Å². The Morgan fingerprint density at radius 2 is 1.74 bits per heavy atom. The lowest BCUT2D eigenvalue weighted by molar-refractivity contribution is 0.0698. The van der Waals surface area contributed by atoms with Crippen molar-refractivity contribution in [1.82, 2.24) is 0 Å². The maximum atomic E-state index is 11.0. The average molecular weight is 253 g/mol. The monoisotopic (exact) mass is 253 g/mol. The van der Waals surface area contributed by atoms with Crippen LogP contribution in [0.25, 0.3) is 6.08 Å². The van der Waals surface area contributed by atoms with Crippen LogP contribution in [0.5, 0.6) is 0 Å². The highest BCUT2D eigenvalue weighted by Gasteiger charge is 2.07. The zero-order valence-electron chi connectivity index (χ0n) is 10.4. The molecule has 0 aliphatic rings. The fourth-order valence-electron chi connectivity index (χ4n) is 1.75. The number of carboxylic acid groups (broad SMARTS) is 1. The zero-order valence-corrected chi connectivity index (χ0v) is 10.4. The van der Waals surface area contributed by atoms with Crippen molar-refractivity contribution in [1.29, 1.82) is 0 Å². The number of nitrogens with one attached hydrogen (secondary N) is 1. The van der Waals surface area contributed by atoms with Gasteiger partial charge in [0.25, 0.3) is 0 Å². The van der Waals surface area contributed by atoms with E-state index in [0.717, 1.165) is 5.56 Å². The summed E-state index contributed by atoms with van der Waals surface area (Å²) in [7, 11) is 0. The van der Waals surface area contributed by atoms with E-state index in [0.29, 0.717) is 12.2 Å². The van der Waals surface area contributed by atoms with Gasteiger partial charge in [-0.2, -0.15) is 0 Å². The van der Waals surface area contributed by atoms with E-state index >= 15 is 0 Å². The van der Waals surface area contributed by atoms with Crippen LogP contribution in [0.1, 0.15) is 15.9 Å². The van der Waals surface area contributed by atoms with Crippen LogP contribution >= 0.6 is 0 Å². The van der Waals surface area contributed by atoms with Gasteiger partial charge in [0.15, 0.2) is 0 Å². The van der Waals surface area contributed by atoms with E-state index in [2.05, 4.69) is 5.32 Å². The molecule has 0 aliphatic carbocycles. The van der Waals surface area contributed by atoms with E-state index in [4.69, 9.17) is 5.11 Å². The van der Waals surface area contributed by atoms with Crippen LogP contribution in [0.2, 0.25) is 0 Å². The number of anilines is 1. The molecule has 2 aromatic rings. The summed E-state index contributed by atoms with van der Waals surface area (Å²) < 4.78 is 0. The van der Waals surface area contributed by atoms with E-state index < -0.39 is 5.97 Å². The van der Waals surface area contributed by atoms with Crippen LogP contribution in [0, 0.1) is 0 Å². The van der Waals surface area contributed by atoms with Gasteiger partial charge in [0.05, 0.1) is 5.56 Å². The SMILES string of the molecule is O=C(O)c1ccccc1NCC=Cc1ccccc1. The molecule has 3 heteroatoms. The molecule has 0 aliphatic heterocycles. The Morgan fingerprint density at radius 3 is 2.47 bits per heavy atom. The van der Waals surface area contributed by atoms with Crippen molar-refractivity contribution >= 4 is 17.7 Å². The normalized spacial score (nSPS) is 10.5. The zero-order chi connectivity index (χ0) is 13.5. The molecule has 0 fully saturated rings. The van der Waals surface area contributed by atoms with Gasteiger partial charge in [-0.3, -0.25) is 0 Å². The molecule has 19 heavy (non-hydrogen) atoms. The van der Waals surface area contributed by atoms with Gasteiger partial charge in [0.2, 0.25) is 0 Å². The molecule has 0 radical (unpaired) electrons. The molecular weight excluding hydrogens is 238 g/mol. The molecule has 2 aromatic carbocycles. The maximum Gasteiger partial charge on any atom is 0.337 e. The molecule has 0 aromatic heterocycles. The first-order chi connectivity index (χ1) is 9.27. The summed E-state index contributed by atoms with van der Waals surface area (Å²) >= 11 is 0. The molecule has 0 spiro atoms. The average Bonchev–Trinajstić information content (AvgIpc) is 2.45. The van der Waals surface area contributed by atoms with Crippen molar-refractivity contribution < 1.29 is 9.90 Å².